The van der Waals surface area contributed by atoms with Gasteiger partial charge in [0.05, 0.1) is 11.9 Å². The number of thiophene rings is 1. The van der Waals surface area contributed by atoms with Gasteiger partial charge in [-0.05, 0) is 36.6 Å². The third kappa shape index (κ3) is 3.20. The molecule has 2 aromatic heterocycles. The van der Waals surface area contributed by atoms with Gasteiger partial charge in [0.25, 0.3) is 5.56 Å². The van der Waals surface area contributed by atoms with E-state index in [9.17, 15) is 9.18 Å². The number of aryl methyl sites for hydroxylation is 2. The lowest BCUT2D eigenvalue weighted by Gasteiger charge is -2.12. The largest absolute Gasteiger partial charge is 0.292 e. The number of benzene rings is 1. The van der Waals surface area contributed by atoms with Gasteiger partial charge in [-0.3, -0.25) is 9.36 Å². The summed E-state index contributed by atoms with van der Waals surface area (Å²) in [6.45, 7) is 4.49. The number of nitrogens with zero attached hydrogens (tertiary/aromatic N) is 2. The molecule has 1 aromatic carbocycles. The molecule has 0 spiro atoms. The molecule has 3 aromatic rings. The highest BCUT2D eigenvalue weighted by molar-refractivity contribution is 7.18. The fourth-order valence-corrected chi connectivity index (χ4v) is 3.65. The number of halogens is 1. The summed E-state index contributed by atoms with van der Waals surface area (Å²) >= 11 is 1.58. The standard InChI is InChI=1S/C18H19FN2OS/c1-3-6-16-20-17-15(10-14(4-2)23-17)18(22)21(16)11-12-7-5-8-13(19)9-12/h5,7-10H,3-4,6,11H2,1-2H3. The molecule has 0 aliphatic heterocycles. The van der Waals surface area contributed by atoms with Crippen molar-refractivity contribution in [3.05, 3.63) is 62.8 Å². The minimum atomic E-state index is -0.287. The lowest BCUT2D eigenvalue weighted by Crippen LogP contribution is -2.25. The predicted octanol–water partition coefficient (Wildman–Crippen LogP) is 4.16. The van der Waals surface area contributed by atoms with Crippen molar-refractivity contribution in [1.82, 2.24) is 9.55 Å². The fourth-order valence-electron chi connectivity index (χ4n) is 2.68. The summed E-state index contributed by atoms with van der Waals surface area (Å²) < 4.78 is 15.1. The van der Waals surface area contributed by atoms with Gasteiger partial charge >= 0.3 is 0 Å². The van der Waals surface area contributed by atoms with Crippen LogP contribution in [-0.2, 0) is 19.4 Å². The Hall–Kier alpha value is -2.01. The van der Waals surface area contributed by atoms with Crippen LogP contribution in [0.4, 0.5) is 4.39 Å². The summed E-state index contributed by atoms with van der Waals surface area (Å²) in [6, 6.07) is 8.32. The summed E-state index contributed by atoms with van der Waals surface area (Å²) in [7, 11) is 0. The quantitative estimate of drug-likeness (QED) is 0.704. The lowest BCUT2D eigenvalue weighted by atomic mass is 10.2. The molecule has 0 unspecified atom stereocenters. The topological polar surface area (TPSA) is 34.9 Å². The molecule has 5 heteroatoms. The molecule has 0 radical (unpaired) electrons. The Bertz CT molecular complexity index is 898. The number of hydrogen-bond donors (Lipinski definition) is 0. The van der Waals surface area contributed by atoms with Crippen LogP contribution < -0.4 is 5.56 Å². The van der Waals surface area contributed by atoms with Crippen LogP contribution in [0.3, 0.4) is 0 Å². The summed E-state index contributed by atoms with van der Waals surface area (Å²) in [4.78, 5) is 19.6. The molecular weight excluding hydrogens is 311 g/mol. The third-order valence-electron chi connectivity index (χ3n) is 3.83. The van der Waals surface area contributed by atoms with Crippen LogP contribution in [0.5, 0.6) is 0 Å². The molecule has 0 atom stereocenters. The first kappa shape index (κ1) is 15.9. The van der Waals surface area contributed by atoms with Crippen molar-refractivity contribution in [3.63, 3.8) is 0 Å². The van der Waals surface area contributed by atoms with E-state index >= 15 is 0 Å². The third-order valence-corrected chi connectivity index (χ3v) is 5.01. The molecule has 0 bridgehead atoms. The zero-order valence-corrected chi connectivity index (χ0v) is 14.1. The molecule has 3 rings (SSSR count). The minimum absolute atomic E-state index is 0.0290. The van der Waals surface area contributed by atoms with E-state index in [0.717, 1.165) is 40.4 Å². The molecule has 2 heterocycles. The number of aromatic nitrogens is 2. The second-order valence-corrected chi connectivity index (χ2v) is 6.70. The van der Waals surface area contributed by atoms with Crippen molar-refractivity contribution < 1.29 is 4.39 Å². The Kier molecular flexibility index (Phi) is 4.57. The van der Waals surface area contributed by atoms with Crippen LogP contribution in [0.15, 0.2) is 35.1 Å². The molecule has 0 saturated heterocycles. The van der Waals surface area contributed by atoms with Crippen molar-refractivity contribution in [2.45, 2.75) is 39.7 Å². The molecule has 23 heavy (non-hydrogen) atoms. The Morgan fingerprint density at radius 1 is 1.26 bits per heavy atom. The van der Waals surface area contributed by atoms with Crippen LogP contribution in [0.25, 0.3) is 10.2 Å². The molecule has 0 aliphatic carbocycles. The maximum atomic E-state index is 13.4. The Morgan fingerprint density at radius 3 is 2.78 bits per heavy atom. The zero-order valence-electron chi connectivity index (χ0n) is 13.3. The minimum Gasteiger partial charge on any atom is -0.292 e. The van der Waals surface area contributed by atoms with Crippen molar-refractivity contribution in [2.24, 2.45) is 0 Å². The predicted molar refractivity (Wildman–Crippen MR) is 92.8 cm³/mol. The van der Waals surface area contributed by atoms with Gasteiger partial charge in [-0.2, -0.15) is 0 Å². The van der Waals surface area contributed by atoms with E-state index in [1.165, 1.54) is 12.1 Å². The Morgan fingerprint density at radius 2 is 2.09 bits per heavy atom. The van der Waals surface area contributed by atoms with E-state index < -0.39 is 0 Å². The first-order valence-corrected chi connectivity index (χ1v) is 8.70. The van der Waals surface area contributed by atoms with Crippen molar-refractivity contribution in [1.29, 1.82) is 0 Å². The highest BCUT2D eigenvalue weighted by Gasteiger charge is 2.14. The second-order valence-electron chi connectivity index (χ2n) is 5.58. The summed E-state index contributed by atoms with van der Waals surface area (Å²) in [5.41, 5.74) is 0.746. The molecule has 3 nitrogen and oxygen atoms in total. The van der Waals surface area contributed by atoms with Crippen LogP contribution >= 0.6 is 11.3 Å². The van der Waals surface area contributed by atoms with Crippen LogP contribution in [-0.4, -0.2) is 9.55 Å². The van der Waals surface area contributed by atoms with Gasteiger partial charge in [-0.15, -0.1) is 11.3 Å². The molecule has 0 fully saturated rings. The fraction of sp³-hybridized carbons (Fsp3) is 0.333. The summed E-state index contributed by atoms with van der Waals surface area (Å²) in [5, 5.41) is 0.670. The average Bonchev–Trinajstić information content (AvgIpc) is 2.95. The molecular formula is C18H19FN2OS. The van der Waals surface area contributed by atoms with Gasteiger partial charge in [0, 0.05) is 11.3 Å². The Labute approximate surface area is 138 Å². The zero-order chi connectivity index (χ0) is 16.4. The van der Waals surface area contributed by atoms with Gasteiger partial charge in [0.1, 0.15) is 16.5 Å². The molecule has 0 aliphatic rings. The highest BCUT2D eigenvalue weighted by Crippen LogP contribution is 2.22. The molecule has 0 amide bonds. The number of hydrogen-bond acceptors (Lipinski definition) is 3. The maximum Gasteiger partial charge on any atom is 0.262 e. The Balaban J connectivity index is 2.14. The van der Waals surface area contributed by atoms with Crippen molar-refractivity contribution in [2.75, 3.05) is 0 Å². The monoisotopic (exact) mass is 330 g/mol. The first-order valence-electron chi connectivity index (χ1n) is 7.89. The van der Waals surface area contributed by atoms with Crippen molar-refractivity contribution >= 4 is 21.6 Å². The summed E-state index contributed by atoms with van der Waals surface area (Å²) in [6.07, 6.45) is 2.54. The SMILES string of the molecule is CCCc1nc2sc(CC)cc2c(=O)n1Cc1cccc(F)c1. The van der Waals surface area contributed by atoms with E-state index in [4.69, 9.17) is 4.98 Å². The summed E-state index contributed by atoms with van der Waals surface area (Å²) in [5.74, 6) is 0.490. The number of fused-ring (bicyclic) bond motifs is 1. The average molecular weight is 330 g/mol. The van der Waals surface area contributed by atoms with Crippen LogP contribution in [0.1, 0.15) is 36.5 Å². The van der Waals surface area contributed by atoms with Gasteiger partial charge in [-0.1, -0.05) is 26.0 Å². The van der Waals surface area contributed by atoms with E-state index in [1.807, 2.05) is 12.1 Å². The van der Waals surface area contributed by atoms with Gasteiger partial charge < -0.3 is 0 Å². The van der Waals surface area contributed by atoms with E-state index in [2.05, 4.69) is 13.8 Å². The van der Waals surface area contributed by atoms with Gasteiger partial charge in [0.2, 0.25) is 0 Å². The molecule has 120 valence electrons. The normalized spacial score (nSPS) is 11.3. The van der Waals surface area contributed by atoms with Crippen LogP contribution in [0, 0.1) is 5.82 Å². The van der Waals surface area contributed by atoms with Crippen molar-refractivity contribution in [3.8, 4) is 0 Å². The van der Waals surface area contributed by atoms with E-state index in [-0.39, 0.29) is 11.4 Å². The number of rotatable bonds is 5. The van der Waals surface area contributed by atoms with Crippen LogP contribution in [0.2, 0.25) is 0 Å². The van der Waals surface area contributed by atoms with E-state index in [0.29, 0.717) is 11.9 Å². The lowest BCUT2D eigenvalue weighted by molar-refractivity contribution is 0.618. The molecule has 0 saturated carbocycles. The van der Waals surface area contributed by atoms with E-state index in [1.54, 1.807) is 22.0 Å². The van der Waals surface area contributed by atoms with Gasteiger partial charge in [0.15, 0.2) is 0 Å². The smallest absolute Gasteiger partial charge is 0.262 e. The molecule has 0 N–H and O–H groups in total. The first-order chi connectivity index (χ1) is 11.1. The van der Waals surface area contributed by atoms with Gasteiger partial charge in [-0.25, -0.2) is 9.37 Å². The maximum absolute atomic E-state index is 13.4. The second kappa shape index (κ2) is 6.62. The highest BCUT2D eigenvalue weighted by atomic mass is 32.1.